The fourth-order valence-corrected chi connectivity index (χ4v) is 4.15. The van der Waals surface area contributed by atoms with Crippen molar-refractivity contribution in [2.75, 3.05) is 19.9 Å². The van der Waals surface area contributed by atoms with E-state index in [2.05, 4.69) is 25.7 Å². The zero-order chi connectivity index (χ0) is 22.2. The molecule has 1 fully saturated rings. The molecule has 1 atom stereocenters. The van der Waals surface area contributed by atoms with Crippen molar-refractivity contribution in [2.24, 2.45) is 0 Å². The fourth-order valence-electron chi connectivity index (χ4n) is 4.15. The molecule has 33 heavy (non-hydrogen) atoms. The summed E-state index contributed by atoms with van der Waals surface area (Å²) < 4.78 is 18.3. The van der Waals surface area contributed by atoms with Crippen LogP contribution in [0.25, 0.3) is 17.1 Å². The molecule has 1 amide bonds. The highest BCUT2D eigenvalue weighted by molar-refractivity contribution is 5.94. The fraction of sp³-hybridized carbons (Fsp3) is 0.273. The predicted molar refractivity (Wildman–Crippen MR) is 113 cm³/mol. The highest BCUT2D eigenvalue weighted by Crippen LogP contribution is 2.36. The first kappa shape index (κ1) is 19.4. The van der Waals surface area contributed by atoms with E-state index in [4.69, 9.17) is 13.9 Å². The Morgan fingerprint density at radius 3 is 2.91 bits per heavy atom. The van der Waals surface area contributed by atoms with Gasteiger partial charge in [0.25, 0.3) is 5.91 Å². The number of amides is 1. The molecule has 4 heterocycles. The van der Waals surface area contributed by atoms with E-state index in [9.17, 15) is 4.79 Å². The summed E-state index contributed by atoms with van der Waals surface area (Å²) in [5.74, 6) is 2.23. The van der Waals surface area contributed by atoms with E-state index in [-0.39, 0.29) is 18.6 Å². The molecule has 166 valence electrons. The lowest BCUT2D eigenvalue weighted by atomic mass is 9.97. The van der Waals surface area contributed by atoms with E-state index in [1.54, 1.807) is 12.1 Å². The number of likely N-dealkylation sites (tertiary alicyclic amines) is 1. The van der Waals surface area contributed by atoms with Gasteiger partial charge < -0.3 is 18.8 Å². The zero-order valence-electron chi connectivity index (χ0n) is 17.5. The second kappa shape index (κ2) is 8.01. The first-order valence-electron chi connectivity index (χ1n) is 10.6. The highest BCUT2D eigenvalue weighted by atomic mass is 16.7. The standard InChI is InChI=1S/C22H19N7O4/c30-22(15-3-1-5-17(9-15)29-12-23-26-27-29)28-8-2-4-16(11-28)21-25-24-20(33-21)14-6-7-18-19(10-14)32-13-31-18/h1,3,5-7,9-10,12,16H,2,4,8,11,13H2. The number of carbonyl (C=O) groups excluding carboxylic acids is 1. The minimum atomic E-state index is -0.0508. The summed E-state index contributed by atoms with van der Waals surface area (Å²) in [5, 5.41) is 19.7. The molecule has 2 aliphatic rings. The molecule has 4 aromatic rings. The summed E-state index contributed by atoms with van der Waals surface area (Å²) in [6.45, 7) is 1.39. The van der Waals surface area contributed by atoms with E-state index in [0.717, 1.165) is 24.1 Å². The predicted octanol–water partition coefficient (Wildman–Crippen LogP) is 2.46. The molecule has 0 aliphatic carbocycles. The number of rotatable bonds is 4. The van der Waals surface area contributed by atoms with Crippen LogP contribution in [-0.4, -0.2) is 61.1 Å². The summed E-state index contributed by atoms with van der Waals surface area (Å²) in [7, 11) is 0. The average molecular weight is 445 g/mol. The third-order valence-corrected chi connectivity index (χ3v) is 5.82. The van der Waals surface area contributed by atoms with Crippen LogP contribution < -0.4 is 9.47 Å². The van der Waals surface area contributed by atoms with E-state index >= 15 is 0 Å². The van der Waals surface area contributed by atoms with Gasteiger partial charge in [0, 0.05) is 24.2 Å². The number of piperidine rings is 1. The monoisotopic (exact) mass is 445 g/mol. The molecule has 2 aromatic heterocycles. The van der Waals surface area contributed by atoms with Gasteiger partial charge in [0.1, 0.15) is 6.33 Å². The number of tetrazole rings is 1. The molecule has 11 nitrogen and oxygen atoms in total. The molecule has 0 spiro atoms. The number of carbonyl (C=O) groups is 1. The Morgan fingerprint density at radius 1 is 1.06 bits per heavy atom. The van der Waals surface area contributed by atoms with Crippen molar-refractivity contribution >= 4 is 5.91 Å². The number of ether oxygens (including phenoxy) is 2. The van der Waals surface area contributed by atoms with E-state index in [1.807, 2.05) is 35.2 Å². The van der Waals surface area contributed by atoms with Crippen LogP contribution >= 0.6 is 0 Å². The van der Waals surface area contributed by atoms with Crippen LogP contribution in [0.3, 0.4) is 0 Å². The van der Waals surface area contributed by atoms with Crippen molar-refractivity contribution in [1.29, 1.82) is 0 Å². The molecular weight excluding hydrogens is 426 g/mol. The van der Waals surface area contributed by atoms with E-state index in [0.29, 0.717) is 41.9 Å². The summed E-state index contributed by atoms with van der Waals surface area (Å²) >= 11 is 0. The van der Waals surface area contributed by atoms with E-state index in [1.165, 1.54) is 11.0 Å². The van der Waals surface area contributed by atoms with Gasteiger partial charge in [-0.15, -0.1) is 15.3 Å². The molecule has 6 rings (SSSR count). The summed E-state index contributed by atoms with van der Waals surface area (Å²) in [5.41, 5.74) is 2.07. The van der Waals surface area contributed by atoms with Crippen LogP contribution in [0, 0.1) is 0 Å². The maximum atomic E-state index is 13.2. The number of nitrogens with zero attached hydrogens (tertiary/aromatic N) is 7. The Morgan fingerprint density at radius 2 is 2.00 bits per heavy atom. The van der Waals surface area contributed by atoms with Gasteiger partial charge in [-0.25, -0.2) is 4.68 Å². The molecule has 0 N–H and O–H groups in total. The minimum Gasteiger partial charge on any atom is -0.454 e. The van der Waals surface area contributed by atoms with Gasteiger partial charge in [-0.2, -0.15) is 0 Å². The number of hydrogen-bond acceptors (Lipinski definition) is 9. The van der Waals surface area contributed by atoms with Crippen LogP contribution in [0.5, 0.6) is 11.5 Å². The Balaban J connectivity index is 1.19. The largest absolute Gasteiger partial charge is 0.454 e. The smallest absolute Gasteiger partial charge is 0.253 e. The molecule has 0 saturated carbocycles. The normalized spacial score (nSPS) is 17.3. The average Bonchev–Trinajstić information content (AvgIpc) is 3.65. The third kappa shape index (κ3) is 3.67. The van der Waals surface area contributed by atoms with Crippen molar-refractivity contribution in [3.05, 3.63) is 60.2 Å². The van der Waals surface area contributed by atoms with Crippen LogP contribution in [0.15, 0.2) is 53.2 Å². The maximum absolute atomic E-state index is 13.2. The second-order valence-electron chi connectivity index (χ2n) is 7.91. The topological polar surface area (TPSA) is 121 Å². The number of hydrogen-bond donors (Lipinski definition) is 0. The molecule has 0 radical (unpaired) electrons. The molecule has 2 aromatic carbocycles. The van der Waals surface area contributed by atoms with Gasteiger partial charge in [-0.3, -0.25) is 4.79 Å². The van der Waals surface area contributed by atoms with Crippen LogP contribution in [-0.2, 0) is 0 Å². The van der Waals surface area contributed by atoms with E-state index < -0.39 is 0 Å². The van der Waals surface area contributed by atoms with Crippen LogP contribution in [0.2, 0.25) is 0 Å². The molecule has 11 heteroatoms. The highest BCUT2D eigenvalue weighted by Gasteiger charge is 2.29. The van der Waals surface area contributed by atoms with Crippen molar-refractivity contribution in [3.63, 3.8) is 0 Å². The van der Waals surface area contributed by atoms with Gasteiger partial charge in [0.2, 0.25) is 18.6 Å². The van der Waals surface area contributed by atoms with Crippen molar-refractivity contribution in [1.82, 2.24) is 35.3 Å². The SMILES string of the molecule is O=C(c1cccc(-n2cnnn2)c1)N1CCCC(c2nnc(-c3ccc4c(c3)OCO4)o2)C1. The van der Waals surface area contributed by atoms with Gasteiger partial charge in [-0.05, 0) is 59.7 Å². The Bertz CT molecular complexity index is 1300. The Kier molecular flexibility index (Phi) is 4.71. The maximum Gasteiger partial charge on any atom is 0.253 e. The minimum absolute atomic E-state index is 0.0272. The lowest BCUT2D eigenvalue weighted by Crippen LogP contribution is -2.39. The quantitative estimate of drug-likeness (QED) is 0.466. The molecular formula is C22H19N7O4. The summed E-state index contributed by atoms with van der Waals surface area (Å²) in [6.07, 6.45) is 3.22. The van der Waals surface area contributed by atoms with Crippen molar-refractivity contribution < 1.29 is 18.7 Å². The first-order chi connectivity index (χ1) is 16.2. The van der Waals surface area contributed by atoms with Crippen molar-refractivity contribution in [2.45, 2.75) is 18.8 Å². The van der Waals surface area contributed by atoms with Crippen molar-refractivity contribution in [3.8, 4) is 28.6 Å². The van der Waals surface area contributed by atoms with Gasteiger partial charge in [0.05, 0.1) is 11.6 Å². The number of fused-ring (bicyclic) bond motifs is 1. The van der Waals surface area contributed by atoms with Gasteiger partial charge in [-0.1, -0.05) is 6.07 Å². The summed E-state index contributed by atoms with van der Waals surface area (Å²) in [6, 6.07) is 12.8. The lowest BCUT2D eigenvalue weighted by molar-refractivity contribution is 0.0698. The second-order valence-corrected chi connectivity index (χ2v) is 7.91. The first-order valence-corrected chi connectivity index (χ1v) is 10.6. The third-order valence-electron chi connectivity index (χ3n) is 5.82. The van der Waals surface area contributed by atoms with Gasteiger partial charge in [0.15, 0.2) is 11.5 Å². The molecule has 0 bridgehead atoms. The number of aromatic nitrogens is 6. The van der Waals surface area contributed by atoms with Gasteiger partial charge >= 0.3 is 0 Å². The van der Waals surface area contributed by atoms with Crippen LogP contribution in [0.4, 0.5) is 0 Å². The Labute approximate surface area is 187 Å². The number of benzene rings is 2. The Hall–Kier alpha value is -4.28. The summed E-state index contributed by atoms with van der Waals surface area (Å²) in [4.78, 5) is 15.0. The van der Waals surface area contributed by atoms with Crippen LogP contribution in [0.1, 0.15) is 35.0 Å². The lowest BCUT2D eigenvalue weighted by Gasteiger charge is -2.31. The molecule has 1 saturated heterocycles. The molecule has 1 unspecified atom stereocenters. The molecule has 2 aliphatic heterocycles. The zero-order valence-corrected chi connectivity index (χ0v) is 17.5.